The van der Waals surface area contributed by atoms with Crippen LogP contribution in [0.5, 0.6) is 0 Å². The Hall–Kier alpha value is -0.950. The highest BCUT2D eigenvalue weighted by molar-refractivity contribution is 14.1. The molecule has 1 aliphatic heterocycles. The number of thioether (sulfide) groups is 1. The molecule has 0 atom stereocenters. The van der Waals surface area contributed by atoms with Crippen LogP contribution in [0.2, 0.25) is 0 Å². The topological polar surface area (TPSA) is 44.5 Å². The molecule has 0 spiro atoms. The number of nitrogens with one attached hydrogen (secondary N) is 2. The Morgan fingerprint density at radius 3 is 3.16 bits per heavy atom. The van der Waals surface area contributed by atoms with Crippen molar-refractivity contribution in [2.24, 2.45) is 0 Å². The molecule has 2 N–H and O–H groups in total. The third-order valence-corrected chi connectivity index (χ3v) is 5.41. The average Bonchev–Trinajstić information content (AvgIpc) is 2.86. The number of aryl methyl sites for hydroxylation is 1. The lowest BCUT2D eigenvalue weighted by molar-refractivity contribution is 1.04. The lowest BCUT2D eigenvalue weighted by atomic mass is 10.1. The second-order valence-electron chi connectivity index (χ2n) is 4.79. The maximum atomic E-state index is 4.50. The maximum absolute atomic E-state index is 4.50. The molecular weight excluding hydrogens is 369 g/mol. The second kappa shape index (κ2) is 4.28. The van der Waals surface area contributed by atoms with Crippen LogP contribution >= 0.6 is 34.4 Å². The fraction of sp³-hybridized carbons (Fsp3) is 0.214. The van der Waals surface area contributed by atoms with E-state index in [1.165, 1.54) is 36.3 Å². The fourth-order valence-corrected chi connectivity index (χ4v) is 4.29. The predicted octanol–water partition coefficient (Wildman–Crippen LogP) is 4.12. The number of hydrogen-bond acceptors (Lipinski definition) is 2. The third-order valence-electron chi connectivity index (χ3n) is 3.62. The van der Waals surface area contributed by atoms with Gasteiger partial charge in [-0.3, -0.25) is 5.10 Å². The minimum atomic E-state index is 1.08. The first-order valence-electron chi connectivity index (χ1n) is 6.22. The molecule has 5 heteroatoms. The number of aromatic nitrogens is 3. The van der Waals surface area contributed by atoms with Crippen LogP contribution in [0.4, 0.5) is 0 Å². The molecule has 4 rings (SSSR count). The molecule has 96 valence electrons. The monoisotopic (exact) mass is 381 g/mol. The normalized spacial score (nSPS) is 14.2. The quantitative estimate of drug-likeness (QED) is 0.576. The van der Waals surface area contributed by atoms with Gasteiger partial charge in [0.15, 0.2) is 0 Å². The van der Waals surface area contributed by atoms with Gasteiger partial charge in [0.1, 0.15) is 5.69 Å². The number of fused-ring (bicyclic) bond motifs is 5. The van der Waals surface area contributed by atoms with E-state index in [0.717, 1.165) is 17.9 Å². The van der Waals surface area contributed by atoms with E-state index < -0.39 is 0 Å². The summed E-state index contributed by atoms with van der Waals surface area (Å²) in [5, 5.41) is 8.95. The highest BCUT2D eigenvalue weighted by Crippen LogP contribution is 2.42. The Balaban J connectivity index is 2.07. The van der Waals surface area contributed by atoms with Gasteiger partial charge < -0.3 is 4.98 Å². The lowest BCUT2D eigenvalue weighted by Gasteiger charge is -1.98. The van der Waals surface area contributed by atoms with E-state index in [9.17, 15) is 0 Å². The van der Waals surface area contributed by atoms with Crippen LogP contribution in [0.3, 0.4) is 0 Å². The molecule has 0 unspecified atom stereocenters. The smallest absolute Gasteiger partial charge is 0.113 e. The molecule has 0 radical (unpaired) electrons. The molecule has 0 fully saturated rings. The molecule has 3 aromatic rings. The number of H-pyrrole nitrogens is 2. The number of halogens is 1. The van der Waals surface area contributed by atoms with Crippen LogP contribution < -0.4 is 0 Å². The average molecular weight is 381 g/mol. The standard InChI is InChI=1S/C14H12IN3S/c1-7-9-4-5-19-14-10-6-8(15)2-3-11(10)16-13(14)12(9)18-17-7/h2-3,6,16H,4-5H2,1H3,(H,17,18). The van der Waals surface area contributed by atoms with E-state index in [1.807, 2.05) is 11.8 Å². The zero-order chi connectivity index (χ0) is 13.0. The van der Waals surface area contributed by atoms with E-state index in [2.05, 4.69) is 62.9 Å². The van der Waals surface area contributed by atoms with Crippen molar-refractivity contribution in [3.05, 3.63) is 33.0 Å². The number of rotatable bonds is 0. The van der Waals surface area contributed by atoms with Gasteiger partial charge in [-0.2, -0.15) is 5.10 Å². The van der Waals surface area contributed by atoms with Gasteiger partial charge in [-0.25, -0.2) is 0 Å². The lowest BCUT2D eigenvalue weighted by Crippen LogP contribution is -1.89. The van der Waals surface area contributed by atoms with Gasteiger partial charge in [0.2, 0.25) is 0 Å². The van der Waals surface area contributed by atoms with Gasteiger partial charge in [0.05, 0.1) is 5.69 Å². The second-order valence-corrected chi connectivity index (χ2v) is 7.14. The summed E-state index contributed by atoms with van der Waals surface area (Å²) in [6, 6.07) is 6.55. The van der Waals surface area contributed by atoms with Crippen molar-refractivity contribution in [3.8, 4) is 11.4 Å². The predicted molar refractivity (Wildman–Crippen MR) is 87.8 cm³/mol. The van der Waals surface area contributed by atoms with Crippen molar-refractivity contribution in [1.82, 2.24) is 15.2 Å². The molecule has 1 aliphatic rings. The van der Waals surface area contributed by atoms with E-state index in [0.29, 0.717) is 0 Å². The van der Waals surface area contributed by atoms with Gasteiger partial charge in [0.25, 0.3) is 0 Å². The summed E-state index contributed by atoms with van der Waals surface area (Å²) in [5.74, 6) is 1.11. The van der Waals surface area contributed by atoms with Crippen molar-refractivity contribution >= 4 is 45.3 Å². The van der Waals surface area contributed by atoms with Crippen LogP contribution in [-0.2, 0) is 6.42 Å². The Bertz CT molecular complexity index is 787. The summed E-state index contributed by atoms with van der Waals surface area (Å²) >= 11 is 4.30. The molecule has 19 heavy (non-hydrogen) atoms. The summed E-state index contributed by atoms with van der Waals surface area (Å²) in [6.07, 6.45) is 1.08. The molecule has 3 nitrogen and oxygen atoms in total. The van der Waals surface area contributed by atoms with Crippen molar-refractivity contribution in [2.45, 2.75) is 18.2 Å². The zero-order valence-corrected chi connectivity index (χ0v) is 13.4. The van der Waals surface area contributed by atoms with Crippen LogP contribution in [0.25, 0.3) is 22.3 Å². The molecule has 2 aromatic heterocycles. The van der Waals surface area contributed by atoms with Gasteiger partial charge in [-0.15, -0.1) is 11.8 Å². The Labute approximate surface area is 128 Å². The van der Waals surface area contributed by atoms with Crippen molar-refractivity contribution in [2.75, 3.05) is 5.75 Å². The highest BCUT2D eigenvalue weighted by atomic mass is 127. The Morgan fingerprint density at radius 1 is 1.37 bits per heavy atom. The zero-order valence-electron chi connectivity index (χ0n) is 10.4. The summed E-state index contributed by atoms with van der Waals surface area (Å²) in [6.45, 7) is 2.10. The van der Waals surface area contributed by atoms with Gasteiger partial charge in [-0.05, 0) is 54.1 Å². The molecule has 0 bridgehead atoms. The van der Waals surface area contributed by atoms with Crippen molar-refractivity contribution in [1.29, 1.82) is 0 Å². The molecule has 0 amide bonds. The summed E-state index contributed by atoms with van der Waals surface area (Å²) < 4.78 is 1.27. The van der Waals surface area contributed by atoms with E-state index in [4.69, 9.17) is 0 Å². The van der Waals surface area contributed by atoms with Gasteiger partial charge >= 0.3 is 0 Å². The third kappa shape index (κ3) is 1.74. The van der Waals surface area contributed by atoms with Crippen molar-refractivity contribution < 1.29 is 0 Å². The number of nitrogens with zero attached hydrogens (tertiary/aromatic N) is 1. The molecule has 0 aliphatic carbocycles. The summed E-state index contributed by atoms with van der Waals surface area (Å²) in [5.41, 5.74) is 6.03. The fourth-order valence-electron chi connectivity index (χ4n) is 2.68. The van der Waals surface area contributed by atoms with Crippen molar-refractivity contribution in [3.63, 3.8) is 0 Å². The highest BCUT2D eigenvalue weighted by Gasteiger charge is 2.23. The summed E-state index contributed by atoms with van der Waals surface area (Å²) in [4.78, 5) is 4.89. The number of benzene rings is 1. The molecule has 0 saturated carbocycles. The van der Waals surface area contributed by atoms with Gasteiger partial charge in [-0.1, -0.05) is 0 Å². The minimum absolute atomic E-state index is 1.08. The van der Waals surface area contributed by atoms with Gasteiger partial charge in [0, 0.05) is 36.4 Å². The molecule has 0 saturated heterocycles. The molecular formula is C14H12IN3S. The van der Waals surface area contributed by atoms with Crippen LogP contribution in [0, 0.1) is 10.5 Å². The Kier molecular flexibility index (Phi) is 2.66. The van der Waals surface area contributed by atoms with Crippen LogP contribution in [0.1, 0.15) is 11.3 Å². The molecule has 3 heterocycles. The number of hydrogen-bond donors (Lipinski definition) is 2. The first-order valence-corrected chi connectivity index (χ1v) is 8.28. The maximum Gasteiger partial charge on any atom is 0.113 e. The van der Waals surface area contributed by atoms with Crippen LogP contribution in [-0.4, -0.2) is 20.9 Å². The minimum Gasteiger partial charge on any atom is -0.352 e. The van der Waals surface area contributed by atoms with Crippen LogP contribution in [0.15, 0.2) is 23.1 Å². The Morgan fingerprint density at radius 2 is 2.26 bits per heavy atom. The van der Waals surface area contributed by atoms with E-state index in [-0.39, 0.29) is 0 Å². The molecule has 1 aromatic carbocycles. The van der Waals surface area contributed by atoms with E-state index in [1.54, 1.807) is 0 Å². The largest absolute Gasteiger partial charge is 0.352 e. The summed E-state index contributed by atoms with van der Waals surface area (Å²) in [7, 11) is 0. The first kappa shape index (κ1) is 11.8. The SMILES string of the molecule is Cc1[nH]nc2c1CCSc1c-2[nH]c2ccc(I)cc12. The number of aromatic amines is 2. The van der Waals surface area contributed by atoms with E-state index >= 15 is 0 Å². The first-order chi connectivity index (χ1) is 9.24.